The fraction of sp³-hybridized carbons (Fsp3) is 0.812. The molecule has 2 fully saturated rings. The lowest BCUT2D eigenvalue weighted by atomic mass is 9.75. The van der Waals surface area contributed by atoms with Crippen molar-refractivity contribution in [3.63, 3.8) is 0 Å². The van der Waals surface area contributed by atoms with Gasteiger partial charge in [-0.2, -0.15) is 0 Å². The van der Waals surface area contributed by atoms with Crippen molar-refractivity contribution >= 4 is 11.3 Å². The van der Waals surface area contributed by atoms with Gasteiger partial charge < -0.3 is 10.1 Å². The zero-order valence-corrected chi connectivity index (χ0v) is 13.6. The van der Waals surface area contributed by atoms with Gasteiger partial charge in [-0.05, 0) is 38.5 Å². The first kappa shape index (κ1) is 14.5. The van der Waals surface area contributed by atoms with Crippen LogP contribution in [-0.4, -0.2) is 30.3 Å². The van der Waals surface area contributed by atoms with Gasteiger partial charge >= 0.3 is 0 Å². The molecule has 1 aromatic heterocycles. The Morgan fingerprint density at radius 2 is 2.30 bits per heavy atom. The minimum Gasteiger partial charge on any atom is -0.377 e. The number of nitrogens with zero attached hydrogens (tertiary/aromatic N) is 1. The summed E-state index contributed by atoms with van der Waals surface area (Å²) in [5.41, 5.74) is 0.282. The van der Waals surface area contributed by atoms with Crippen LogP contribution in [0, 0.1) is 18.3 Å². The molecule has 2 unspecified atom stereocenters. The zero-order valence-electron chi connectivity index (χ0n) is 12.8. The SMILES string of the molecule is Cc1ncc(CC2(CNC(C)C)CCOC2C2CC2)s1. The molecule has 1 aromatic rings. The highest BCUT2D eigenvalue weighted by Crippen LogP contribution is 2.49. The molecule has 2 aliphatic rings. The largest absolute Gasteiger partial charge is 0.377 e. The first-order valence-electron chi connectivity index (χ1n) is 7.85. The second-order valence-corrected chi connectivity index (χ2v) is 8.12. The van der Waals surface area contributed by atoms with Crippen LogP contribution in [0.2, 0.25) is 0 Å². The number of aryl methyl sites for hydroxylation is 1. The summed E-state index contributed by atoms with van der Waals surface area (Å²) in [5, 5.41) is 4.85. The van der Waals surface area contributed by atoms with Gasteiger partial charge in [-0.15, -0.1) is 11.3 Å². The number of thiazole rings is 1. The topological polar surface area (TPSA) is 34.2 Å². The van der Waals surface area contributed by atoms with Gasteiger partial charge in [0.25, 0.3) is 0 Å². The molecule has 3 rings (SSSR count). The van der Waals surface area contributed by atoms with Crippen LogP contribution in [0.15, 0.2) is 6.20 Å². The second kappa shape index (κ2) is 5.74. The van der Waals surface area contributed by atoms with Gasteiger partial charge in [0, 0.05) is 35.7 Å². The molecule has 0 amide bonds. The van der Waals surface area contributed by atoms with Crippen molar-refractivity contribution in [1.29, 1.82) is 0 Å². The van der Waals surface area contributed by atoms with E-state index in [2.05, 4.69) is 37.3 Å². The summed E-state index contributed by atoms with van der Waals surface area (Å²) in [5.74, 6) is 0.806. The molecule has 0 spiro atoms. The van der Waals surface area contributed by atoms with Crippen LogP contribution in [0.5, 0.6) is 0 Å². The average Bonchev–Trinajstić information content (AvgIpc) is 3.04. The lowest BCUT2D eigenvalue weighted by Crippen LogP contribution is -2.45. The van der Waals surface area contributed by atoms with Gasteiger partial charge in [-0.25, -0.2) is 4.98 Å². The molecule has 2 atom stereocenters. The van der Waals surface area contributed by atoms with Gasteiger partial charge in [0.1, 0.15) is 0 Å². The van der Waals surface area contributed by atoms with Crippen molar-refractivity contribution in [2.24, 2.45) is 11.3 Å². The lowest BCUT2D eigenvalue weighted by molar-refractivity contribution is 0.0302. The molecule has 1 saturated heterocycles. The van der Waals surface area contributed by atoms with E-state index in [-0.39, 0.29) is 5.41 Å². The van der Waals surface area contributed by atoms with Crippen LogP contribution < -0.4 is 5.32 Å². The fourth-order valence-corrected chi connectivity index (χ4v) is 4.38. The second-order valence-electron chi connectivity index (χ2n) is 6.80. The van der Waals surface area contributed by atoms with E-state index >= 15 is 0 Å². The summed E-state index contributed by atoms with van der Waals surface area (Å²) < 4.78 is 6.15. The van der Waals surface area contributed by atoms with Crippen molar-refractivity contribution in [2.45, 2.75) is 58.6 Å². The molecule has 3 nitrogen and oxygen atoms in total. The average molecular weight is 294 g/mol. The number of nitrogens with one attached hydrogen (secondary N) is 1. The summed E-state index contributed by atoms with van der Waals surface area (Å²) in [6.07, 6.45) is 7.55. The van der Waals surface area contributed by atoms with Gasteiger partial charge in [-0.3, -0.25) is 0 Å². The number of aromatic nitrogens is 1. The van der Waals surface area contributed by atoms with Crippen molar-refractivity contribution in [1.82, 2.24) is 10.3 Å². The molecule has 4 heteroatoms. The minimum atomic E-state index is 0.282. The maximum atomic E-state index is 6.15. The molecule has 112 valence electrons. The quantitative estimate of drug-likeness (QED) is 0.875. The van der Waals surface area contributed by atoms with Crippen molar-refractivity contribution in [3.05, 3.63) is 16.1 Å². The highest BCUT2D eigenvalue weighted by atomic mass is 32.1. The molecule has 1 saturated carbocycles. The Bertz CT molecular complexity index is 455. The number of rotatable bonds is 6. The fourth-order valence-electron chi connectivity index (χ4n) is 3.43. The number of hydrogen-bond donors (Lipinski definition) is 1. The molecule has 1 aliphatic carbocycles. The molecule has 0 radical (unpaired) electrons. The van der Waals surface area contributed by atoms with Gasteiger partial charge in [0.05, 0.1) is 11.1 Å². The standard InChI is InChI=1S/C16H26N2OS/c1-11(2)18-10-16(8-14-9-17-12(3)20-14)6-7-19-15(16)13-4-5-13/h9,11,13,15,18H,4-8,10H2,1-3H3. The molecular formula is C16H26N2OS. The molecule has 2 heterocycles. The Balaban J connectivity index is 1.78. The Hall–Kier alpha value is -0.450. The molecule has 20 heavy (non-hydrogen) atoms. The third-order valence-electron chi connectivity index (χ3n) is 4.61. The van der Waals surface area contributed by atoms with E-state index in [9.17, 15) is 0 Å². The lowest BCUT2D eigenvalue weighted by Gasteiger charge is -2.35. The van der Waals surface area contributed by atoms with Crippen molar-refractivity contribution in [2.75, 3.05) is 13.2 Å². The minimum absolute atomic E-state index is 0.282. The van der Waals surface area contributed by atoms with E-state index in [0.717, 1.165) is 25.5 Å². The van der Waals surface area contributed by atoms with E-state index in [1.54, 1.807) is 0 Å². The first-order valence-corrected chi connectivity index (χ1v) is 8.67. The van der Waals surface area contributed by atoms with Crippen LogP contribution in [0.4, 0.5) is 0 Å². The van der Waals surface area contributed by atoms with Crippen LogP contribution in [0.3, 0.4) is 0 Å². The van der Waals surface area contributed by atoms with E-state index in [0.29, 0.717) is 12.1 Å². The van der Waals surface area contributed by atoms with Crippen molar-refractivity contribution < 1.29 is 4.74 Å². The Labute approximate surface area is 126 Å². The summed E-state index contributed by atoms with van der Waals surface area (Å²) in [6.45, 7) is 8.55. The van der Waals surface area contributed by atoms with E-state index in [1.807, 2.05) is 11.3 Å². The van der Waals surface area contributed by atoms with E-state index in [4.69, 9.17) is 4.74 Å². The highest BCUT2D eigenvalue weighted by Gasteiger charge is 2.50. The first-order chi connectivity index (χ1) is 9.59. The van der Waals surface area contributed by atoms with Crippen molar-refractivity contribution in [3.8, 4) is 0 Å². The van der Waals surface area contributed by atoms with Gasteiger partial charge in [0.2, 0.25) is 0 Å². The third kappa shape index (κ3) is 3.07. The summed E-state index contributed by atoms with van der Waals surface area (Å²) in [7, 11) is 0. The molecular weight excluding hydrogens is 268 g/mol. The summed E-state index contributed by atoms with van der Waals surface area (Å²) in [6, 6.07) is 0.538. The van der Waals surface area contributed by atoms with Crippen LogP contribution in [-0.2, 0) is 11.2 Å². The molecule has 1 N–H and O–H groups in total. The van der Waals surface area contributed by atoms with E-state index < -0.39 is 0 Å². The smallest absolute Gasteiger partial charge is 0.0896 e. The zero-order chi connectivity index (χ0) is 14.2. The monoisotopic (exact) mass is 294 g/mol. The Morgan fingerprint density at radius 3 is 2.90 bits per heavy atom. The predicted octanol–water partition coefficient (Wildman–Crippen LogP) is 3.18. The van der Waals surface area contributed by atoms with Gasteiger partial charge in [-0.1, -0.05) is 13.8 Å². The maximum absolute atomic E-state index is 6.15. The van der Waals surface area contributed by atoms with Crippen LogP contribution in [0.1, 0.15) is 43.0 Å². The van der Waals surface area contributed by atoms with Crippen LogP contribution >= 0.6 is 11.3 Å². The van der Waals surface area contributed by atoms with Crippen LogP contribution in [0.25, 0.3) is 0 Å². The molecule has 1 aliphatic heterocycles. The Kier molecular flexibility index (Phi) is 4.16. The third-order valence-corrected chi connectivity index (χ3v) is 5.52. The number of hydrogen-bond acceptors (Lipinski definition) is 4. The maximum Gasteiger partial charge on any atom is 0.0896 e. The summed E-state index contributed by atoms with van der Waals surface area (Å²) >= 11 is 1.85. The van der Waals surface area contributed by atoms with E-state index in [1.165, 1.54) is 29.1 Å². The molecule has 0 aromatic carbocycles. The van der Waals surface area contributed by atoms with Gasteiger partial charge in [0.15, 0.2) is 0 Å². The Morgan fingerprint density at radius 1 is 1.50 bits per heavy atom. The normalized spacial score (nSPS) is 30.3. The highest BCUT2D eigenvalue weighted by molar-refractivity contribution is 7.11. The predicted molar refractivity (Wildman–Crippen MR) is 83.2 cm³/mol. The summed E-state index contributed by atoms with van der Waals surface area (Å²) in [4.78, 5) is 5.85. The number of ether oxygens (including phenoxy) is 1. The molecule has 0 bridgehead atoms.